The van der Waals surface area contributed by atoms with E-state index >= 15 is 0 Å². The minimum atomic E-state index is -0.928. The van der Waals surface area contributed by atoms with E-state index in [0.29, 0.717) is 5.13 Å². The first-order valence-electron chi connectivity index (χ1n) is 4.74. The van der Waals surface area contributed by atoms with E-state index in [0.717, 1.165) is 0 Å². The van der Waals surface area contributed by atoms with E-state index in [1.165, 1.54) is 16.8 Å². The fourth-order valence-corrected chi connectivity index (χ4v) is 2.45. The lowest BCUT2D eigenvalue weighted by molar-refractivity contribution is -0.140. The molecule has 1 saturated carbocycles. The van der Waals surface area contributed by atoms with Gasteiger partial charge < -0.3 is 10.4 Å². The summed E-state index contributed by atoms with van der Waals surface area (Å²) < 4.78 is 0. The van der Waals surface area contributed by atoms with Crippen LogP contribution in [-0.4, -0.2) is 27.2 Å². The Bertz CT molecular complexity index is 429. The van der Waals surface area contributed by atoms with Gasteiger partial charge in [0.2, 0.25) is 11.0 Å². The van der Waals surface area contributed by atoms with Crippen molar-refractivity contribution in [3.05, 3.63) is 5.51 Å². The first-order valence-corrected chi connectivity index (χ1v) is 5.62. The van der Waals surface area contributed by atoms with Crippen molar-refractivity contribution in [2.45, 2.75) is 13.8 Å². The molecule has 1 fully saturated rings. The molecule has 86 valence electrons. The molecule has 1 aromatic heterocycles. The van der Waals surface area contributed by atoms with Gasteiger partial charge in [-0.15, -0.1) is 10.2 Å². The number of nitrogens with one attached hydrogen (secondary N) is 1. The number of carbonyl (C=O) groups excluding carboxylic acids is 1. The Morgan fingerprint density at radius 3 is 2.62 bits per heavy atom. The van der Waals surface area contributed by atoms with Gasteiger partial charge in [-0.3, -0.25) is 9.59 Å². The number of hydrogen-bond donors (Lipinski definition) is 2. The van der Waals surface area contributed by atoms with Gasteiger partial charge in [-0.05, 0) is 5.41 Å². The summed E-state index contributed by atoms with van der Waals surface area (Å²) in [4.78, 5) is 22.7. The number of hydrogen-bond acceptors (Lipinski definition) is 5. The highest BCUT2D eigenvalue weighted by Crippen LogP contribution is 2.58. The van der Waals surface area contributed by atoms with Crippen molar-refractivity contribution in [2.24, 2.45) is 17.3 Å². The SMILES string of the molecule is CC1(C)[C@H](C(=O)O)[C@H]1C(=O)Nc1nncs1. The lowest BCUT2D eigenvalue weighted by Gasteiger charge is -2.01. The molecule has 6 nitrogen and oxygen atoms in total. The number of carbonyl (C=O) groups is 2. The van der Waals surface area contributed by atoms with E-state index in [-0.39, 0.29) is 5.91 Å². The number of aliphatic carboxylic acids is 1. The zero-order valence-electron chi connectivity index (χ0n) is 8.80. The minimum Gasteiger partial charge on any atom is -0.481 e. The third-order valence-electron chi connectivity index (χ3n) is 2.97. The summed E-state index contributed by atoms with van der Waals surface area (Å²) in [6, 6.07) is 0. The first-order chi connectivity index (χ1) is 7.44. The van der Waals surface area contributed by atoms with Crippen molar-refractivity contribution >= 4 is 28.3 Å². The molecule has 2 atom stereocenters. The Morgan fingerprint density at radius 1 is 1.50 bits per heavy atom. The summed E-state index contributed by atoms with van der Waals surface area (Å²) >= 11 is 1.20. The Labute approximate surface area is 95.7 Å². The molecule has 0 unspecified atom stereocenters. The van der Waals surface area contributed by atoms with E-state index in [2.05, 4.69) is 15.5 Å². The monoisotopic (exact) mass is 241 g/mol. The van der Waals surface area contributed by atoms with E-state index in [4.69, 9.17) is 5.11 Å². The number of carboxylic acid groups (broad SMARTS) is 1. The summed E-state index contributed by atoms with van der Waals surface area (Å²) in [6.45, 7) is 3.55. The number of rotatable bonds is 3. The minimum absolute atomic E-state index is 0.297. The summed E-state index contributed by atoms with van der Waals surface area (Å²) in [5, 5.41) is 19.2. The second kappa shape index (κ2) is 3.51. The van der Waals surface area contributed by atoms with Crippen LogP contribution in [0.25, 0.3) is 0 Å². The van der Waals surface area contributed by atoms with Gasteiger partial charge in [0, 0.05) is 0 Å². The van der Waals surface area contributed by atoms with Crippen LogP contribution in [0.5, 0.6) is 0 Å². The zero-order chi connectivity index (χ0) is 11.9. The number of aromatic nitrogens is 2. The van der Waals surface area contributed by atoms with Crippen LogP contribution in [0.1, 0.15) is 13.8 Å². The van der Waals surface area contributed by atoms with Crippen LogP contribution >= 0.6 is 11.3 Å². The zero-order valence-corrected chi connectivity index (χ0v) is 9.61. The summed E-state index contributed by atoms with van der Waals surface area (Å²) in [7, 11) is 0. The predicted octanol–water partition coefficient (Wildman–Crippen LogP) is 0.833. The van der Waals surface area contributed by atoms with Gasteiger partial charge in [0.05, 0.1) is 11.8 Å². The molecule has 0 aromatic carbocycles. The van der Waals surface area contributed by atoms with Crippen LogP contribution in [-0.2, 0) is 9.59 Å². The molecule has 0 spiro atoms. The second-order valence-corrected chi connectivity index (χ2v) is 5.18. The van der Waals surface area contributed by atoms with Crippen molar-refractivity contribution < 1.29 is 14.7 Å². The van der Waals surface area contributed by atoms with Crippen LogP contribution in [0.3, 0.4) is 0 Å². The van der Waals surface area contributed by atoms with Crippen LogP contribution in [0.4, 0.5) is 5.13 Å². The predicted molar refractivity (Wildman–Crippen MR) is 56.9 cm³/mol. The molecule has 0 radical (unpaired) electrons. The van der Waals surface area contributed by atoms with Crippen LogP contribution in [0, 0.1) is 17.3 Å². The molecule has 1 amide bonds. The highest BCUT2D eigenvalue weighted by Gasteiger charge is 2.65. The molecule has 0 aliphatic heterocycles. The molecule has 1 aromatic rings. The van der Waals surface area contributed by atoms with E-state index in [9.17, 15) is 9.59 Å². The van der Waals surface area contributed by atoms with Crippen molar-refractivity contribution in [3.8, 4) is 0 Å². The summed E-state index contributed by atoms with van der Waals surface area (Å²) in [5.41, 5.74) is 1.02. The fourth-order valence-electron chi connectivity index (χ4n) is 2.00. The summed E-state index contributed by atoms with van der Waals surface area (Å²) in [6.07, 6.45) is 0. The quantitative estimate of drug-likeness (QED) is 0.817. The van der Waals surface area contributed by atoms with Gasteiger partial charge in [0.25, 0.3) is 0 Å². The van der Waals surface area contributed by atoms with Crippen molar-refractivity contribution in [3.63, 3.8) is 0 Å². The van der Waals surface area contributed by atoms with Gasteiger partial charge in [-0.2, -0.15) is 0 Å². The van der Waals surface area contributed by atoms with Gasteiger partial charge in [-0.25, -0.2) is 0 Å². The van der Waals surface area contributed by atoms with E-state index < -0.39 is 23.2 Å². The second-order valence-electron chi connectivity index (χ2n) is 4.35. The molecule has 7 heteroatoms. The normalized spacial score (nSPS) is 26.1. The fraction of sp³-hybridized carbons (Fsp3) is 0.556. The maximum atomic E-state index is 11.8. The molecule has 0 bridgehead atoms. The lowest BCUT2D eigenvalue weighted by atomic mass is 10.1. The van der Waals surface area contributed by atoms with Crippen LogP contribution in [0.2, 0.25) is 0 Å². The van der Waals surface area contributed by atoms with Gasteiger partial charge in [0.15, 0.2) is 0 Å². The largest absolute Gasteiger partial charge is 0.481 e. The highest BCUT2D eigenvalue weighted by molar-refractivity contribution is 7.13. The summed E-state index contributed by atoms with van der Waals surface area (Å²) in [5.74, 6) is -2.33. The third kappa shape index (κ3) is 1.67. The average Bonchev–Trinajstić information content (AvgIpc) is 2.58. The topological polar surface area (TPSA) is 92.2 Å². The Balaban J connectivity index is 2.05. The maximum Gasteiger partial charge on any atom is 0.307 e. The number of amides is 1. The first kappa shape index (κ1) is 11.0. The van der Waals surface area contributed by atoms with Crippen molar-refractivity contribution in [1.82, 2.24) is 10.2 Å². The lowest BCUT2D eigenvalue weighted by Crippen LogP contribution is -2.17. The van der Waals surface area contributed by atoms with Gasteiger partial charge in [0.1, 0.15) is 5.51 Å². The highest BCUT2D eigenvalue weighted by atomic mass is 32.1. The van der Waals surface area contributed by atoms with Crippen LogP contribution < -0.4 is 5.32 Å². The molecule has 2 N–H and O–H groups in total. The van der Waals surface area contributed by atoms with Crippen molar-refractivity contribution in [1.29, 1.82) is 0 Å². The Kier molecular flexibility index (Phi) is 2.42. The molecule has 1 aliphatic carbocycles. The van der Waals surface area contributed by atoms with Crippen molar-refractivity contribution in [2.75, 3.05) is 5.32 Å². The molecule has 16 heavy (non-hydrogen) atoms. The maximum absolute atomic E-state index is 11.8. The molecule has 2 rings (SSSR count). The Morgan fingerprint density at radius 2 is 2.19 bits per heavy atom. The standard InChI is InChI=1S/C9H11N3O3S/c1-9(2)4(5(9)7(14)15)6(13)11-8-12-10-3-16-8/h3-5H,1-2H3,(H,14,15)(H,11,12,13)/t4-,5-/m0/s1. The van der Waals surface area contributed by atoms with E-state index in [1.54, 1.807) is 13.8 Å². The Hall–Kier alpha value is -1.50. The number of nitrogens with zero attached hydrogens (tertiary/aromatic N) is 2. The van der Waals surface area contributed by atoms with Crippen LogP contribution in [0.15, 0.2) is 5.51 Å². The molecular weight excluding hydrogens is 230 g/mol. The average molecular weight is 241 g/mol. The van der Waals surface area contributed by atoms with E-state index in [1.807, 2.05) is 0 Å². The molecular formula is C9H11N3O3S. The molecule has 1 heterocycles. The van der Waals surface area contributed by atoms with Gasteiger partial charge in [-0.1, -0.05) is 25.2 Å². The molecule has 1 aliphatic rings. The smallest absolute Gasteiger partial charge is 0.307 e. The number of carboxylic acids is 1. The molecule has 0 saturated heterocycles. The third-order valence-corrected chi connectivity index (χ3v) is 3.57. The number of anilines is 1. The van der Waals surface area contributed by atoms with Gasteiger partial charge >= 0.3 is 5.97 Å².